The van der Waals surface area contributed by atoms with Crippen LogP contribution >= 0.6 is 11.3 Å². The minimum absolute atomic E-state index is 0.0444. The molecule has 0 saturated carbocycles. The number of aromatic nitrogens is 1. The Morgan fingerprint density at radius 3 is 2.93 bits per heavy atom. The van der Waals surface area contributed by atoms with E-state index in [0.29, 0.717) is 6.04 Å². The van der Waals surface area contributed by atoms with Crippen LogP contribution in [0.25, 0.3) is 0 Å². The van der Waals surface area contributed by atoms with Crippen molar-refractivity contribution in [2.75, 3.05) is 13.2 Å². The average Bonchev–Trinajstić information content (AvgIpc) is 2.75. The van der Waals surface area contributed by atoms with Gasteiger partial charge in [0.1, 0.15) is 5.01 Å². The van der Waals surface area contributed by atoms with Crippen LogP contribution in [0.15, 0.2) is 5.38 Å². The van der Waals surface area contributed by atoms with Crippen LogP contribution < -0.4 is 5.32 Å². The Bertz CT molecular complexity index is 329. The Balaban J connectivity index is 2.05. The zero-order valence-corrected chi connectivity index (χ0v) is 10.4. The summed E-state index contributed by atoms with van der Waals surface area (Å²) in [6.07, 6.45) is 1.10. The highest BCUT2D eigenvalue weighted by Crippen LogP contribution is 2.25. The lowest BCUT2D eigenvalue weighted by Gasteiger charge is -2.27. The van der Waals surface area contributed by atoms with Crippen LogP contribution in [0.1, 0.15) is 31.0 Å². The molecule has 0 spiro atoms. The van der Waals surface area contributed by atoms with Gasteiger partial charge in [-0.2, -0.15) is 0 Å². The van der Waals surface area contributed by atoms with Crippen molar-refractivity contribution in [3.05, 3.63) is 16.1 Å². The van der Waals surface area contributed by atoms with Crippen molar-refractivity contribution < 1.29 is 4.74 Å². The highest BCUT2D eigenvalue weighted by atomic mass is 32.1. The number of thiazole rings is 1. The van der Waals surface area contributed by atoms with E-state index in [0.717, 1.165) is 30.3 Å². The van der Waals surface area contributed by atoms with Crippen molar-refractivity contribution in [1.82, 2.24) is 10.3 Å². The first-order valence-electron chi connectivity index (χ1n) is 5.36. The monoisotopic (exact) mass is 226 g/mol. The number of rotatable bonds is 3. The highest BCUT2D eigenvalue weighted by molar-refractivity contribution is 7.09. The Labute approximate surface area is 94.9 Å². The van der Waals surface area contributed by atoms with Crippen molar-refractivity contribution >= 4 is 11.3 Å². The average molecular weight is 226 g/mol. The van der Waals surface area contributed by atoms with E-state index < -0.39 is 0 Å². The van der Waals surface area contributed by atoms with Crippen molar-refractivity contribution in [3.63, 3.8) is 0 Å². The lowest BCUT2D eigenvalue weighted by molar-refractivity contribution is 0.183. The minimum Gasteiger partial charge on any atom is -0.380 e. The van der Waals surface area contributed by atoms with E-state index >= 15 is 0 Å². The molecule has 84 valence electrons. The van der Waals surface area contributed by atoms with E-state index in [1.165, 1.54) is 0 Å². The van der Waals surface area contributed by atoms with Crippen LogP contribution in [0, 0.1) is 6.92 Å². The molecule has 0 bridgehead atoms. The Morgan fingerprint density at radius 1 is 1.60 bits per heavy atom. The number of ether oxygens (including phenoxy) is 1. The molecular formula is C11H18N2OS. The molecule has 0 aliphatic carbocycles. The van der Waals surface area contributed by atoms with Gasteiger partial charge in [0, 0.05) is 23.7 Å². The molecule has 1 atom stereocenters. The molecule has 3 nitrogen and oxygen atoms in total. The van der Waals surface area contributed by atoms with Crippen LogP contribution in [0.4, 0.5) is 0 Å². The van der Waals surface area contributed by atoms with Gasteiger partial charge < -0.3 is 10.1 Å². The molecule has 4 heteroatoms. The third kappa shape index (κ3) is 2.56. The molecule has 0 aromatic carbocycles. The quantitative estimate of drug-likeness (QED) is 0.856. The standard InChI is InChI=1S/C11H18N2OS/c1-8-7-15-10(12-8)11(2,3)13-9-4-5-14-6-9/h7,9,13H,4-6H2,1-3H3. The van der Waals surface area contributed by atoms with Crippen molar-refractivity contribution in [3.8, 4) is 0 Å². The van der Waals surface area contributed by atoms with Gasteiger partial charge in [-0.3, -0.25) is 0 Å². The fourth-order valence-electron chi connectivity index (χ4n) is 1.86. The van der Waals surface area contributed by atoms with Crippen molar-refractivity contribution in [1.29, 1.82) is 0 Å². The summed E-state index contributed by atoms with van der Waals surface area (Å²) in [5, 5.41) is 6.87. The molecule has 1 saturated heterocycles. The second kappa shape index (κ2) is 4.20. The molecule has 2 heterocycles. The Hall–Kier alpha value is -0.450. The molecule has 1 unspecified atom stereocenters. The van der Waals surface area contributed by atoms with E-state index in [1.54, 1.807) is 11.3 Å². The van der Waals surface area contributed by atoms with Gasteiger partial charge in [-0.1, -0.05) is 0 Å². The summed E-state index contributed by atoms with van der Waals surface area (Å²) in [7, 11) is 0. The lowest BCUT2D eigenvalue weighted by Crippen LogP contribution is -2.44. The van der Waals surface area contributed by atoms with Gasteiger partial charge in [0.15, 0.2) is 0 Å². The number of nitrogens with zero attached hydrogens (tertiary/aromatic N) is 1. The maximum absolute atomic E-state index is 5.36. The van der Waals surface area contributed by atoms with Crippen LogP contribution in [-0.2, 0) is 10.3 Å². The molecule has 2 rings (SSSR count). The van der Waals surface area contributed by atoms with Crippen LogP contribution in [0.3, 0.4) is 0 Å². The van der Waals surface area contributed by atoms with Gasteiger partial charge in [-0.15, -0.1) is 11.3 Å². The third-order valence-corrected chi connectivity index (χ3v) is 3.93. The maximum Gasteiger partial charge on any atom is 0.112 e. The molecule has 1 aliphatic rings. The summed E-state index contributed by atoms with van der Waals surface area (Å²) < 4.78 is 5.36. The number of nitrogens with one attached hydrogen (secondary N) is 1. The Kier molecular flexibility index (Phi) is 3.09. The lowest BCUT2D eigenvalue weighted by atomic mass is 10.0. The molecule has 0 radical (unpaired) electrons. The van der Waals surface area contributed by atoms with Gasteiger partial charge in [0.25, 0.3) is 0 Å². The first kappa shape index (κ1) is 11.0. The molecule has 1 aliphatic heterocycles. The second-order valence-electron chi connectivity index (χ2n) is 4.62. The molecular weight excluding hydrogens is 208 g/mol. The van der Waals surface area contributed by atoms with Crippen LogP contribution in [0.5, 0.6) is 0 Å². The molecule has 1 N–H and O–H groups in total. The summed E-state index contributed by atoms with van der Waals surface area (Å²) in [5.74, 6) is 0. The fourth-order valence-corrected chi connectivity index (χ4v) is 2.75. The van der Waals surface area contributed by atoms with Crippen LogP contribution in [0.2, 0.25) is 0 Å². The minimum atomic E-state index is -0.0444. The van der Waals surface area contributed by atoms with Crippen LogP contribution in [-0.4, -0.2) is 24.2 Å². The highest BCUT2D eigenvalue weighted by Gasteiger charge is 2.28. The van der Waals surface area contributed by atoms with Gasteiger partial charge in [0.05, 0.1) is 12.1 Å². The molecule has 15 heavy (non-hydrogen) atoms. The summed E-state index contributed by atoms with van der Waals surface area (Å²) >= 11 is 1.73. The summed E-state index contributed by atoms with van der Waals surface area (Å²) in [5.41, 5.74) is 1.06. The smallest absolute Gasteiger partial charge is 0.112 e. The molecule has 1 fully saturated rings. The summed E-state index contributed by atoms with van der Waals surface area (Å²) in [4.78, 5) is 4.54. The maximum atomic E-state index is 5.36. The van der Waals surface area contributed by atoms with E-state index in [1.807, 2.05) is 6.92 Å². The summed E-state index contributed by atoms with van der Waals surface area (Å²) in [6, 6.07) is 0.476. The van der Waals surface area contributed by atoms with Gasteiger partial charge in [-0.05, 0) is 27.2 Å². The predicted molar refractivity (Wildman–Crippen MR) is 62.2 cm³/mol. The van der Waals surface area contributed by atoms with Crippen molar-refractivity contribution in [2.45, 2.75) is 38.8 Å². The zero-order chi connectivity index (χ0) is 10.9. The predicted octanol–water partition coefficient (Wildman–Crippen LogP) is 2.07. The first-order valence-corrected chi connectivity index (χ1v) is 6.24. The van der Waals surface area contributed by atoms with Crippen molar-refractivity contribution in [2.24, 2.45) is 0 Å². The first-order chi connectivity index (χ1) is 7.08. The third-order valence-electron chi connectivity index (χ3n) is 2.65. The van der Waals surface area contributed by atoms with Gasteiger partial charge in [-0.25, -0.2) is 4.98 Å². The van der Waals surface area contributed by atoms with E-state index in [-0.39, 0.29) is 5.54 Å². The zero-order valence-electron chi connectivity index (χ0n) is 9.54. The van der Waals surface area contributed by atoms with E-state index in [2.05, 4.69) is 29.5 Å². The fraction of sp³-hybridized carbons (Fsp3) is 0.727. The van der Waals surface area contributed by atoms with E-state index in [4.69, 9.17) is 4.74 Å². The SMILES string of the molecule is Cc1csc(C(C)(C)NC2CCOC2)n1. The number of hydrogen-bond acceptors (Lipinski definition) is 4. The normalized spacial score (nSPS) is 22.2. The summed E-state index contributed by atoms with van der Waals surface area (Å²) in [6.45, 7) is 8.11. The molecule has 1 aromatic heterocycles. The van der Waals surface area contributed by atoms with Gasteiger partial charge in [0.2, 0.25) is 0 Å². The number of aryl methyl sites for hydroxylation is 1. The van der Waals surface area contributed by atoms with Gasteiger partial charge >= 0.3 is 0 Å². The molecule has 0 amide bonds. The molecule has 1 aromatic rings. The second-order valence-corrected chi connectivity index (χ2v) is 5.48. The topological polar surface area (TPSA) is 34.1 Å². The number of hydrogen-bond donors (Lipinski definition) is 1. The largest absolute Gasteiger partial charge is 0.380 e. The Morgan fingerprint density at radius 2 is 2.40 bits per heavy atom. The van der Waals surface area contributed by atoms with E-state index in [9.17, 15) is 0 Å².